The minimum Gasteiger partial charge on any atom is -0.480 e. The fourth-order valence-electron chi connectivity index (χ4n) is 4.61. The first-order valence-electron chi connectivity index (χ1n) is 10.7. The molecule has 4 rings (SSSR count). The number of carbonyl (C=O) groups is 2. The number of rotatable bonds is 5. The van der Waals surface area contributed by atoms with Crippen molar-refractivity contribution in [1.29, 1.82) is 0 Å². The number of carbonyl (C=O) groups excluding carboxylic acids is 1. The average molecular weight is 483 g/mol. The van der Waals surface area contributed by atoms with Crippen LogP contribution in [-0.2, 0) is 14.8 Å². The highest BCUT2D eigenvalue weighted by molar-refractivity contribution is 7.89. The number of halogens is 1. The molecule has 2 amide bonds. The molecular weight excluding hydrogens is 456 g/mol. The predicted octanol–water partition coefficient (Wildman–Crippen LogP) is 1.47. The lowest BCUT2D eigenvalue weighted by atomic mass is 10.0. The summed E-state index contributed by atoms with van der Waals surface area (Å²) in [6, 6.07) is -0.275. The third-order valence-electron chi connectivity index (χ3n) is 6.29. The molecule has 0 radical (unpaired) electrons. The number of sulfonamides is 1. The number of carboxylic acids is 1. The van der Waals surface area contributed by atoms with Gasteiger partial charge in [-0.2, -0.15) is 4.31 Å². The third-order valence-corrected chi connectivity index (χ3v) is 8.75. The van der Waals surface area contributed by atoms with Gasteiger partial charge in [-0.3, -0.25) is 14.6 Å². The minimum absolute atomic E-state index is 0.205. The van der Waals surface area contributed by atoms with E-state index in [4.69, 9.17) is 16.7 Å². The molecule has 2 fully saturated rings. The Balaban J connectivity index is 1.36. The summed E-state index contributed by atoms with van der Waals surface area (Å²) in [5.41, 5.74) is 1.50. The van der Waals surface area contributed by atoms with Gasteiger partial charge in [-0.05, 0) is 24.5 Å². The summed E-state index contributed by atoms with van der Waals surface area (Å²) >= 11 is 6.15. The third kappa shape index (κ3) is 4.78. The summed E-state index contributed by atoms with van der Waals surface area (Å²) in [6.07, 6.45) is 11.1. The molecule has 0 bridgehead atoms. The zero-order chi connectivity index (χ0) is 22.9. The van der Waals surface area contributed by atoms with E-state index in [1.807, 2.05) is 12.2 Å². The maximum atomic E-state index is 13.3. The summed E-state index contributed by atoms with van der Waals surface area (Å²) in [5, 5.41) is 11.3. The van der Waals surface area contributed by atoms with Crippen LogP contribution in [0.25, 0.3) is 0 Å². The van der Waals surface area contributed by atoms with Crippen LogP contribution in [0.5, 0.6) is 0 Å². The molecule has 32 heavy (non-hydrogen) atoms. The highest BCUT2D eigenvalue weighted by Gasteiger charge is 2.38. The molecule has 0 aromatic rings. The Labute approximate surface area is 192 Å². The van der Waals surface area contributed by atoms with E-state index in [2.05, 4.69) is 16.3 Å². The number of urea groups is 1. The molecule has 0 spiro atoms. The van der Waals surface area contributed by atoms with Crippen molar-refractivity contribution >= 4 is 33.6 Å². The molecule has 2 saturated heterocycles. The predicted molar refractivity (Wildman–Crippen MR) is 120 cm³/mol. The second-order valence-corrected chi connectivity index (χ2v) is 10.9. The second-order valence-electron chi connectivity index (χ2n) is 8.26. The molecule has 0 aromatic heterocycles. The number of nitrogens with zero attached hydrogens (tertiary/aromatic N) is 3. The number of carboxylic acid groups (broad SMARTS) is 1. The maximum absolute atomic E-state index is 13.3. The molecule has 9 nitrogen and oxygen atoms in total. The number of hydrogen-bond donors (Lipinski definition) is 2. The molecule has 0 aromatic carbocycles. The van der Waals surface area contributed by atoms with Crippen molar-refractivity contribution < 1.29 is 23.1 Å². The topological polar surface area (TPSA) is 110 Å². The average Bonchev–Trinajstić information content (AvgIpc) is 3.21. The summed E-state index contributed by atoms with van der Waals surface area (Å²) in [4.78, 5) is 26.7. The van der Waals surface area contributed by atoms with Crippen LogP contribution in [0.2, 0.25) is 0 Å². The van der Waals surface area contributed by atoms with E-state index in [1.165, 1.54) is 4.90 Å². The molecule has 2 aliphatic heterocycles. The van der Waals surface area contributed by atoms with Gasteiger partial charge < -0.3 is 10.4 Å². The molecule has 11 heteroatoms. The smallest absolute Gasteiger partial charge is 0.323 e. The molecule has 2 unspecified atom stereocenters. The van der Waals surface area contributed by atoms with Crippen molar-refractivity contribution in [3.63, 3.8) is 0 Å². The van der Waals surface area contributed by atoms with Crippen molar-refractivity contribution in [3.05, 3.63) is 46.7 Å². The van der Waals surface area contributed by atoms with Crippen molar-refractivity contribution in [2.24, 2.45) is 0 Å². The first kappa shape index (κ1) is 23.0. The number of piperazine rings is 1. The molecule has 2 atom stereocenters. The number of aliphatic carboxylic acids is 1. The van der Waals surface area contributed by atoms with Gasteiger partial charge in [-0.1, -0.05) is 35.9 Å². The fourth-order valence-corrected chi connectivity index (χ4v) is 6.57. The van der Waals surface area contributed by atoms with Crippen molar-refractivity contribution in [1.82, 2.24) is 19.4 Å². The molecule has 2 N–H and O–H groups in total. The highest BCUT2D eigenvalue weighted by Crippen LogP contribution is 2.34. The SMILES string of the molecule is O=C(O)CNC(=O)N1CCC2=CC(S(=O)(=O)N3CCN(C4C=CC=C(Cl)C4)CC3)CC=C21. The van der Waals surface area contributed by atoms with E-state index in [0.29, 0.717) is 44.8 Å². The zero-order valence-corrected chi connectivity index (χ0v) is 19.2. The van der Waals surface area contributed by atoms with Crippen molar-refractivity contribution in [2.45, 2.75) is 30.6 Å². The summed E-state index contributed by atoms with van der Waals surface area (Å²) < 4.78 is 28.1. The Bertz CT molecular complexity index is 1010. The lowest BCUT2D eigenvalue weighted by Crippen LogP contribution is -2.53. The Morgan fingerprint density at radius 1 is 1.19 bits per heavy atom. The maximum Gasteiger partial charge on any atom is 0.323 e. The van der Waals surface area contributed by atoms with Crippen LogP contribution < -0.4 is 5.32 Å². The van der Waals surface area contributed by atoms with Crippen LogP contribution in [0.1, 0.15) is 19.3 Å². The van der Waals surface area contributed by atoms with Crippen LogP contribution in [0, 0.1) is 0 Å². The molecular formula is C21H27ClN4O5S. The minimum atomic E-state index is -3.51. The Morgan fingerprint density at radius 2 is 1.94 bits per heavy atom. The van der Waals surface area contributed by atoms with Crippen molar-refractivity contribution in [2.75, 3.05) is 39.3 Å². The van der Waals surface area contributed by atoms with Crippen LogP contribution in [0.4, 0.5) is 4.79 Å². The number of fused-ring (bicyclic) bond motifs is 1. The van der Waals surface area contributed by atoms with Crippen LogP contribution in [0.15, 0.2) is 46.7 Å². The Kier molecular flexibility index (Phi) is 6.75. The quantitative estimate of drug-likeness (QED) is 0.614. The number of nitrogens with one attached hydrogen (secondary N) is 1. The van der Waals surface area contributed by atoms with E-state index in [9.17, 15) is 18.0 Å². The monoisotopic (exact) mass is 482 g/mol. The van der Waals surface area contributed by atoms with Crippen LogP contribution >= 0.6 is 11.6 Å². The number of likely N-dealkylation sites (tertiary alicyclic amines) is 1. The first-order chi connectivity index (χ1) is 15.3. The van der Waals surface area contributed by atoms with E-state index in [0.717, 1.165) is 17.0 Å². The first-order valence-corrected chi connectivity index (χ1v) is 12.6. The van der Waals surface area contributed by atoms with Gasteiger partial charge in [-0.25, -0.2) is 13.2 Å². The largest absolute Gasteiger partial charge is 0.480 e. The zero-order valence-electron chi connectivity index (χ0n) is 17.6. The fraction of sp³-hybridized carbons (Fsp3) is 0.524. The Hall–Kier alpha value is -2.14. The van der Waals surface area contributed by atoms with Gasteiger partial charge >= 0.3 is 12.0 Å². The van der Waals surface area contributed by atoms with Gasteiger partial charge in [0, 0.05) is 55.9 Å². The van der Waals surface area contributed by atoms with Gasteiger partial charge in [0.1, 0.15) is 6.54 Å². The van der Waals surface area contributed by atoms with Gasteiger partial charge in [-0.15, -0.1) is 0 Å². The molecule has 174 valence electrons. The van der Waals surface area contributed by atoms with Crippen LogP contribution in [-0.4, -0.2) is 90.2 Å². The van der Waals surface area contributed by atoms with Gasteiger partial charge in [0.2, 0.25) is 10.0 Å². The van der Waals surface area contributed by atoms with E-state index in [1.54, 1.807) is 16.5 Å². The lowest BCUT2D eigenvalue weighted by Gasteiger charge is -2.39. The summed E-state index contributed by atoms with van der Waals surface area (Å²) in [7, 11) is -3.51. The molecule has 2 aliphatic carbocycles. The number of hydrogen-bond acceptors (Lipinski definition) is 5. The van der Waals surface area contributed by atoms with Gasteiger partial charge in [0.25, 0.3) is 0 Å². The van der Waals surface area contributed by atoms with E-state index >= 15 is 0 Å². The van der Waals surface area contributed by atoms with Gasteiger partial charge in [0.05, 0.1) is 5.25 Å². The molecule has 0 saturated carbocycles. The van der Waals surface area contributed by atoms with Crippen LogP contribution in [0.3, 0.4) is 0 Å². The normalized spacial score (nSPS) is 26.8. The standard InChI is InChI=1S/C21H27ClN4O5S/c22-16-2-1-3-17(13-16)24-8-10-25(11-9-24)32(30,31)18-4-5-19-15(12-18)6-7-26(19)21(29)23-14-20(27)28/h1-3,5,12,17-18H,4,6-11,13-14H2,(H,23,29)(H,27,28). The lowest BCUT2D eigenvalue weighted by molar-refractivity contribution is -0.135. The second kappa shape index (κ2) is 9.38. The van der Waals surface area contributed by atoms with Crippen molar-refractivity contribution in [3.8, 4) is 0 Å². The number of allylic oxidation sites excluding steroid dienone is 4. The molecule has 4 aliphatic rings. The van der Waals surface area contributed by atoms with E-state index in [-0.39, 0.29) is 12.5 Å². The molecule has 2 heterocycles. The van der Waals surface area contributed by atoms with E-state index < -0.39 is 33.8 Å². The number of amides is 2. The summed E-state index contributed by atoms with van der Waals surface area (Å²) in [5.74, 6) is -1.11. The Morgan fingerprint density at radius 3 is 2.62 bits per heavy atom. The summed E-state index contributed by atoms with van der Waals surface area (Å²) in [6.45, 7) is 2.13. The van der Waals surface area contributed by atoms with Gasteiger partial charge in [0.15, 0.2) is 0 Å². The highest BCUT2D eigenvalue weighted by atomic mass is 35.5.